The van der Waals surface area contributed by atoms with E-state index in [0.29, 0.717) is 16.3 Å². The number of benzene rings is 2. The average molecular weight is 627 g/mol. The first-order valence-corrected chi connectivity index (χ1v) is 15.2. The highest BCUT2D eigenvalue weighted by atomic mass is 35.5. The van der Waals surface area contributed by atoms with Crippen LogP contribution in [0.4, 0.5) is 0 Å². The molecule has 0 spiro atoms. The van der Waals surface area contributed by atoms with Gasteiger partial charge >= 0.3 is 11.9 Å². The Hall–Kier alpha value is -3.89. The van der Waals surface area contributed by atoms with Gasteiger partial charge in [-0.3, -0.25) is 14.4 Å². The summed E-state index contributed by atoms with van der Waals surface area (Å²) in [5.74, 6) is -2.82. The molecule has 2 heterocycles. The van der Waals surface area contributed by atoms with E-state index < -0.39 is 47.9 Å². The minimum Gasteiger partial charge on any atom is -0.495 e. The van der Waals surface area contributed by atoms with Gasteiger partial charge in [-0.25, -0.2) is 4.79 Å². The van der Waals surface area contributed by atoms with Crippen LogP contribution in [0.3, 0.4) is 0 Å². The maximum Gasteiger partial charge on any atom is 0.347 e. The number of carbonyl (C=O) groups excluding carboxylic acids is 4. The van der Waals surface area contributed by atoms with Gasteiger partial charge in [-0.1, -0.05) is 74.8 Å². The van der Waals surface area contributed by atoms with Crippen molar-refractivity contribution in [1.82, 2.24) is 10.6 Å². The lowest BCUT2D eigenvalue weighted by molar-refractivity contribution is -0.175. The van der Waals surface area contributed by atoms with E-state index in [4.69, 9.17) is 30.5 Å². The summed E-state index contributed by atoms with van der Waals surface area (Å²) in [4.78, 5) is 52.3. The Bertz CT molecular complexity index is 1370. The van der Waals surface area contributed by atoms with Crippen molar-refractivity contribution >= 4 is 35.4 Å². The summed E-state index contributed by atoms with van der Waals surface area (Å²) in [5.41, 5.74) is 1.72. The van der Waals surface area contributed by atoms with Crippen LogP contribution in [0.25, 0.3) is 0 Å². The molecule has 1 fully saturated rings. The minimum atomic E-state index is -1.12. The van der Waals surface area contributed by atoms with Gasteiger partial charge in [0.1, 0.15) is 24.0 Å². The third kappa shape index (κ3) is 8.60. The van der Waals surface area contributed by atoms with E-state index in [0.717, 1.165) is 5.56 Å². The predicted octanol–water partition coefficient (Wildman–Crippen LogP) is 4.10. The molecule has 2 aromatic carbocycles. The Morgan fingerprint density at radius 1 is 1.05 bits per heavy atom. The van der Waals surface area contributed by atoms with Gasteiger partial charge in [0, 0.05) is 25.3 Å². The van der Waals surface area contributed by atoms with E-state index in [2.05, 4.69) is 10.6 Å². The number of cyclic esters (lactones) is 2. The van der Waals surface area contributed by atoms with Crippen molar-refractivity contribution in [3.8, 4) is 5.75 Å². The number of halogens is 1. The van der Waals surface area contributed by atoms with Crippen LogP contribution in [0.15, 0.2) is 60.7 Å². The van der Waals surface area contributed by atoms with Crippen molar-refractivity contribution in [1.29, 1.82) is 0 Å². The molecule has 7 atom stereocenters. The molecule has 2 aliphatic heterocycles. The molecular formula is C33H39ClN2O8. The van der Waals surface area contributed by atoms with Gasteiger partial charge in [0.15, 0.2) is 6.10 Å². The topological polar surface area (TPSA) is 133 Å². The molecule has 2 amide bonds. The van der Waals surface area contributed by atoms with Crippen LogP contribution < -0.4 is 15.4 Å². The average Bonchev–Trinajstić information content (AvgIpc) is 3.82. The molecule has 11 heteroatoms. The molecule has 0 aromatic heterocycles. The third-order valence-electron chi connectivity index (χ3n) is 7.83. The molecule has 10 nitrogen and oxygen atoms in total. The fourth-order valence-electron chi connectivity index (χ4n) is 5.07. The van der Waals surface area contributed by atoms with E-state index in [1.165, 1.54) is 13.2 Å². The molecule has 236 valence electrons. The largest absolute Gasteiger partial charge is 0.495 e. The van der Waals surface area contributed by atoms with Crippen molar-refractivity contribution in [2.24, 2.45) is 11.8 Å². The Balaban J connectivity index is 1.55. The van der Waals surface area contributed by atoms with Crippen LogP contribution in [0.1, 0.15) is 50.8 Å². The molecule has 0 bridgehead atoms. The molecule has 2 N–H and O–H groups in total. The van der Waals surface area contributed by atoms with Gasteiger partial charge in [0.2, 0.25) is 11.8 Å². The van der Waals surface area contributed by atoms with E-state index in [9.17, 15) is 19.2 Å². The molecule has 0 unspecified atom stereocenters. The van der Waals surface area contributed by atoms with E-state index in [1.54, 1.807) is 38.1 Å². The number of amides is 2. The molecule has 0 saturated carbocycles. The standard InChI is InChI=1S/C33H39ClN2O8/c1-5-25-33(40)43-26(20(3)29-30(44-29)22-10-7-6-8-11-22)12-9-13-28(37)36-24(31(38)35-18-19(2)32(39)42-25)17-21-14-15-27(41-4)23(34)16-21/h6-11,13-16,19-20,24-26,29-30H,5,12,17-18H2,1-4H3,(H,35,38)(H,36,37)/b13-9+/t19-,20+,24-,25+,26+,29-,30-/m1/s1. The maximum absolute atomic E-state index is 13.2. The monoisotopic (exact) mass is 626 g/mol. The Morgan fingerprint density at radius 2 is 1.80 bits per heavy atom. The Labute approximate surface area is 262 Å². The lowest BCUT2D eigenvalue weighted by Crippen LogP contribution is -2.49. The number of nitrogens with one attached hydrogen (secondary N) is 2. The fourth-order valence-corrected chi connectivity index (χ4v) is 5.35. The van der Waals surface area contributed by atoms with Crippen LogP contribution >= 0.6 is 11.6 Å². The Morgan fingerprint density at radius 3 is 2.48 bits per heavy atom. The number of esters is 2. The van der Waals surface area contributed by atoms with Crippen molar-refractivity contribution in [3.05, 3.63) is 76.8 Å². The van der Waals surface area contributed by atoms with Crippen molar-refractivity contribution in [2.75, 3.05) is 13.7 Å². The highest BCUT2D eigenvalue weighted by Gasteiger charge is 2.47. The second-order valence-electron chi connectivity index (χ2n) is 11.1. The summed E-state index contributed by atoms with van der Waals surface area (Å²) in [6.45, 7) is 5.17. The SMILES string of the molecule is CC[C@@H]1OC(=O)[C@H](C)CNC(=O)[C@@H](Cc2ccc(OC)c(Cl)c2)NC(=O)/C=C/C[C@@H]([C@H](C)[C@H]2O[C@@H]2c2ccccc2)OC1=O. The first-order valence-electron chi connectivity index (χ1n) is 14.8. The summed E-state index contributed by atoms with van der Waals surface area (Å²) in [5, 5.41) is 5.82. The molecule has 1 saturated heterocycles. The summed E-state index contributed by atoms with van der Waals surface area (Å²) in [6, 6.07) is 13.9. The molecule has 2 aromatic rings. The summed E-state index contributed by atoms with van der Waals surface area (Å²) in [7, 11) is 1.50. The quantitative estimate of drug-likeness (QED) is 0.347. The smallest absolute Gasteiger partial charge is 0.347 e. The van der Waals surface area contributed by atoms with Gasteiger partial charge in [0.25, 0.3) is 0 Å². The Kier molecular flexibility index (Phi) is 11.4. The van der Waals surface area contributed by atoms with E-state index in [1.807, 2.05) is 37.3 Å². The van der Waals surface area contributed by atoms with Crippen LogP contribution in [-0.2, 0) is 39.8 Å². The number of hydrogen-bond acceptors (Lipinski definition) is 8. The third-order valence-corrected chi connectivity index (χ3v) is 8.12. The van der Waals surface area contributed by atoms with Gasteiger partial charge < -0.3 is 29.6 Å². The van der Waals surface area contributed by atoms with E-state index in [-0.39, 0.29) is 43.9 Å². The van der Waals surface area contributed by atoms with Gasteiger partial charge in [0.05, 0.1) is 24.2 Å². The zero-order valence-corrected chi connectivity index (χ0v) is 26.0. The molecular weight excluding hydrogens is 588 g/mol. The number of hydrogen-bond donors (Lipinski definition) is 2. The number of rotatable bonds is 7. The molecule has 4 rings (SSSR count). The van der Waals surface area contributed by atoms with Crippen LogP contribution in [-0.4, -0.2) is 61.8 Å². The summed E-state index contributed by atoms with van der Waals surface area (Å²) in [6.07, 6.45) is 1.36. The zero-order chi connectivity index (χ0) is 31.8. The summed E-state index contributed by atoms with van der Waals surface area (Å²) < 4.78 is 22.6. The van der Waals surface area contributed by atoms with Crippen molar-refractivity contribution in [3.63, 3.8) is 0 Å². The lowest BCUT2D eigenvalue weighted by Gasteiger charge is -2.26. The number of methoxy groups -OCH3 is 1. The predicted molar refractivity (Wildman–Crippen MR) is 163 cm³/mol. The second-order valence-corrected chi connectivity index (χ2v) is 11.5. The van der Waals surface area contributed by atoms with Crippen molar-refractivity contribution < 1.29 is 38.1 Å². The van der Waals surface area contributed by atoms with E-state index >= 15 is 0 Å². The highest BCUT2D eigenvalue weighted by molar-refractivity contribution is 6.32. The number of ether oxygens (including phenoxy) is 4. The second kappa shape index (κ2) is 15.2. The summed E-state index contributed by atoms with van der Waals surface area (Å²) >= 11 is 6.28. The normalized spacial score (nSPS) is 28.1. The zero-order valence-electron chi connectivity index (χ0n) is 25.3. The molecule has 0 aliphatic carbocycles. The van der Waals surface area contributed by atoms with Gasteiger partial charge in [-0.15, -0.1) is 0 Å². The first-order chi connectivity index (χ1) is 21.1. The van der Waals surface area contributed by atoms with Crippen LogP contribution in [0.2, 0.25) is 5.02 Å². The number of carbonyl (C=O) groups is 4. The lowest BCUT2D eigenvalue weighted by atomic mass is 9.93. The highest BCUT2D eigenvalue weighted by Crippen LogP contribution is 2.45. The fraction of sp³-hybridized carbons (Fsp3) is 0.455. The molecule has 2 aliphatic rings. The maximum atomic E-state index is 13.2. The van der Waals surface area contributed by atoms with Crippen molar-refractivity contribution in [2.45, 2.75) is 70.5 Å². The van der Waals surface area contributed by atoms with Crippen LogP contribution in [0.5, 0.6) is 5.75 Å². The van der Waals surface area contributed by atoms with Gasteiger partial charge in [-0.2, -0.15) is 0 Å². The minimum absolute atomic E-state index is 0.0612. The first kappa shape index (κ1) is 33.0. The van der Waals surface area contributed by atoms with Crippen LogP contribution in [0, 0.1) is 11.8 Å². The number of epoxide rings is 1. The molecule has 0 radical (unpaired) electrons. The molecule has 44 heavy (non-hydrogen) atoms. The van der Waals surface area contributed by atoms with Gasteiger partial charge in [-0.05, 0) is 35.8 Å².